The van der Waals surface area contributed by atoms with E-state index in [2.05, 4.69) is 0 Å². The molecule has 130 valence electrons. The van der Waals surface area contributed by atoms with Gasteiger partial charge in [-0.15, -0.1) is 0 Å². The van der Waals surface area contributed by atoms with Gasteiger partial charge in [0.25, 0.3) is 5.69 Å². The summed E-state index contributed by atoms with van der Waals surface area (Å²) in [5.41, 5.74) is 1.02. The third-order valence-corrected chi connectivity index (χ3v) is 5.72. The second-order valence-electron chi connectivity index (χ2n) is 5.51. The normalized spacial score (nSPS) is 18.7. The van der Waals surface area contributed by atoms with Crippen molar-refractivity contribution >= 4 is 46.6 Å². The van der Waals surface area contributed by atoms with E-state index in [9.17, 15) is 14.9 Å². The number of alkyl halides is 2. The molecule has 0 spiro atoms. The van der Waals surface area contributed by atoms with Gasteiger partial charge in [-0.1, -0.05) is 53.2 Å². The number of rotatable bonds is 3. The van der Waals surface area contributed by atoms with Crippen molar-refractivity contribution in [3.8, 4) is 0 Å². The minimum absolute atomic E-state index is 0.0816. The Morgan fingerprint density at radius 2 is 1.88 bits per heavy atom. The van der Waals surface area contributed by atoms with Gasteiger partial charge >= 0.3 is 5.97 Å². The lowest BCUT2D eigenvalue weighted by Crippen LogP contribution is -2.13. The van der Waals surface area contributed by atoms with Gasteiger partial charge in [0, 0.05) is 22.6 Å². The van der Waals surface area contributed by atoms with Crippen LogP contribution in [0.4, 0.5) is 5.69 Å². The molecule has 3 rings (SSSR count). The molecule has 2 aromatic carbocycles. The Balaban J connectivity index is 1.82. The number of nitro benzene ring substituents is 1. The Bertz CT molecular complexity index is 811. The molecule has 5 nitrogen and oxygen atoms in total. The van der Waals surface area contributed by atoms with Gasteiger partial charge in [-0.05, 0) is 31.0 Å². The first-order valence-electron chi connectivity index (χ1n) is 7.47. The van der Waals surface area contributed by atoms with Crippen molar-refractivity contribution in [1.82, 2.24) is 0 Å². The number of benzene rings is 2. The first-order valence-corrected chi connectivity index (χ1v) is 9.04. The van der Waals surface area contributed by atoms with E-state index in [1.165, 1.54) is 36.0 Å². The van der Waals surface area contributed by atoms with Crippen LogP contribution in [0.15, 0.2) is 53.4 Å². The summed E-state index contributed by atoms with van der Waals surface area (Å²) in [5, 5.41) is 10.7. The van der Waals surface area contributed by atoms with Crippen molar-refractivity contribution < 1.29 is 14.5 Å². The summed E-state index contributed by atoms with van der Waals surface area (Å²) in [6.45, 7) is 0. The molecule has 25 heavy (non-hydrogen) atoms. The van der Waals surface area contributed by atoms with Gasteiger partial charge in [0.15, 0.2) is 3.67 Å². The van der Waals surface area contributed by atoms with E-state index in [4.69, 9.17) is 27.9 Å². The minimum Gasteiger partial charge on any atom is -0.454 e. The fraction of sp³-hybridized carbons (Fsp3) is 0.235. The van der Waals surface area contributed by atoms with Crippen LogP contribution in [-0.4, -0.2) is 14.6 Å². The Morgan fingerprint density at radius 1 is 1.20 bits per heavy atom. The number of ether oxygens (including phenoxy) is 1. The highest BCUT2D eigenvalue weighted by Crippen LogP contribution is 2.50. The maximum atomic E-state index is 12.4. The molecular weight excluding hydrogens is 385 g/mol. The van der Waals surface area contributed by atoms with Crippen molar-refractivity contribution in [1.29, 1.82) is 0 Å². The smallest absolute Gasteiger partial charge is 0.338 e. The lowest BCUT2D eigenvalue weighted by Gasteiger charge is -2.18. The molecule has 1 heterocycles. The number of non-ortho nitro benzene ring substituents is 1. The van der Waals surface area contributed by atoms with E-state index in [0.717, 1.165) is 10.5 Å². The second kappa shape index (κ2) is 7.23. The van der Waals surface area contributed by atoms with Crippen LogP contribution in [0.2, 0.25) is 0 Å². The van der Waals surface area contributed by atoms with E-state index in [1.807, 2.05) is 24.3 Å². The number of fused-ring (bicyclic) bond motifs is 1. The zero-order chi connectivity index (χ0) is 18.0. The third kappa shape index (κ3) is 4.26. The molecule has 0 aromatic heterocycles. The molecule has 0 saturated carbocycles. The summed E-state index contributed by atoms with van der Waals surface area (Å²) in [7, 11) is 0. The predicted molar refractivity (Wildman–Crippen MR) is 97.2 cm³/mol. The van der Waals surface area contributed by atoms with Crippen LogP contribution < -0.4 is 0 Å². The number of hydrogen-bond donors (Lipinski definition) is 0. The number of nitrogens with zero attached hydrogens (tertiary/aromatic N) is 1. The number of halogens is 2. The molecule has 1 atom stereocenters. The zero-order valence-corrected chi connectivity index (χ0v) is 15.2. The lowest BCUT2D eigenvalue weighted by molar-refractivity contribution is -0.384. The summed E-state index contributed by atoms with van der Waals surface area (Å²) in [6, 6.07) is 12.8. The molecule has 0 amide bonds. The average Bonchev–Trinajstić information content (AvgIpc) is 2.71. The molecule has 0 bridgehead atoms. The first-order chi connectivity index (χ1) is 11.9. The monoisotopic (exact) mass is 397 g/mol. The Kier molecular flexibility index (Phi) is 5.22. The summed E-state index contributed by atoms with van der Waals surface area (Å²) in [6.07, 6.45) is 0.453. The quantitative estimate of drug-likeness (QED) is 0.295. The maximum absolute atomic E-state index is 12.4. The SMILES string of the molecule is O=C(OC1CCC(Cl)(Cl)Sc2ccccc21)c1ccc([N+](=O)[O-])cc1. The number of carbonyl (C=O) groups is 1. The molecule has 0 fully saturated rings. The third-order valence-electron chi connectivity index (χ3n) is 3.79. The fourth-order valence-electron chi connectivity index (χ4n) is 2.54. The van der Waals surface area contributed by atoms with E-state index in [0.29, 0.717) is 12.8 Å². The second-order valence-corrected chi connectivity index (χ2v) is 8.79. The first kappa shape index (κ1) is 18.0. The van der Waals surface area contributed by atoms with Gasteiger partial charge in [-0.3, -0.25) is 10.1 Å². The van der Waals surface area contributed by atoms with Gasteiger partial charge in [0.05, 0.1) is 10.5 Å². The predicted octanol–water partition coefficient (Wildman–Crippen LogP) is 5.51. The highest BCUT2D eigenvalue weighted by Gasteiger charge is 2.34. The molecule has 0 radical (unpaired) electrons. The van der Waals surface area contributed by atoms with Gasteiger partial charge in [0.2, 0.25) is 0 Å². The molecule has 1 aliphatic rings. The largest absolute Gasteiger partial charge is 0.454 e. The molecule has 8 heteroatoms. The number of carbonyl (C=O) groups excluding carboxylic acids is 1. The highest BCUT2D eigenvalue weighted by molar-refractivity contribution is 8.03. The molecule has 1 unspecified atom stereocenters. The zero-order valence-electron chi connectivity index (χ0n) is 12.9. The molecule has 0 aliphatic carbocycles. The summed E-state index contributed by atoms with van der Waals surface area (Å²) < 4.78 is 4.66. The van der Waals surface area contributed by atoms with E-state index < -0.39 is 20.7 Å². The summed E-state index contributed by atoms with van der Waals surface area (Å²) in [5.74, 6) is -0.545. The number of thioether (sulfide) groups is 1. The Hall–Kier alpha value is -1.76. The van der Waals surface area contributed by atoms with Crippen LogP contribution in [0, 0.1) is 10.1 Å². The van der Waals surface area contributed by atoms with E-state index >= 15 is 0 Å². The average molecular weight is 398 g/mol. The molecule has 0 N–H and O–H groups in total. The minimum atomic E-state index is -0.982. The van der Waals surface area contributed by atoms with Crippen molar-refractivity contribution in [2.45, 2.75) is 27.5 Å². The van der Waals surface area contributed by atoms with Crippen LogP contribution >= 0.6 is 35.0 Å². The van der Waals surface area contributed by atoms with Crippen molar-refractivity contribution in [2.24, 2.45) is 0 Å². The van der Waals surface area contributed by atoms with Crippen molar-refractivity contribution in [2.75, 3.05) is 0 Å². The fourth-order valence-corrected chi connectivity index (χ4v) is 4.27. The van der Waals surface area contributed by atoms with Crippen molar-refractivity contribution in [3.63, 3.8) is 0 Å². The number of nitro groups is 1. The van der Waals surface area contributed by atoms with Gasteiger partial charge < -0.3 is 4.74 Å². The van der Waals surface area contributed by atoms with Crippen LogP contribution in [0.5, 0.6) is 0 Å². The Morgan fingerprint density at radius 3 is 2.56 bits per heavy atom. The Labute approximate surface area is 158 Å². The van der Waals surface area contributed by atoms with Gasteiger partial charge in [-0.25, -0.2) is 4.79 Å². The standard InChI is InChI=1S/C17H13Cl2NO4S/c18-17(19)10-9-14(13-3-1-2-4-15(13)25-17)24-16(21)11-5-7-12(8-6-11)20(22)23/h1-8,14H,9-10H2. The van der Waals surface area contributed by atoms with Gasteiger partial charge in [0.1, 0.15) is 6.10 Å². The summed E-state index contributed by atoms with van der Waals surface area (Å²) in [4.78, 5) is 23.5. The van der Waals surface area contributed by atoms with Crippen LogP contribution in [0.1, 0.15) is 34.9 Å². The number of esters is 1. The molecule has 0 saturated heterocycles. The molecule has 1 aliphatic heterocycles. The van der Waals surface area contributed by atoms with Crippen LogP contribution in [0.3, 0.4) is 0 Å². The molecular formula is C17H13Cl2NO4S. The van der Waals surface area contributed by atoms with E-state index in [1.54, 1.807) is 0 Å². The lowest BCUT2D eigenvalue weighted by atomic mass is 10.0. The van der Waals surface area contributed by atoms with Crippen LogP contribution in [0.25, 0.3) is 0 Å². The van der Waals surface area contributed by atoms with Crippen LogP contribution in [-0.2, 0) is 4.74 Å². The topological polar surface area (TPSA) is 69.4 Å². The van der Waals surface area contributed by atoms with Gasteiger partial charge in [-0.2, -0.15) is 0 Å². The summed E-state index contributed by atoms with van der Waals surface area (Å²) >= 11 is 13.9. The maximum Gasteiger partial charge on any atom is 0.338 e. The molecule has 2 aromatic rings. The number of hydrogen-bond acceptors (Lipinski definition) is 5. The van der Waals surface area contributed by atoms with Crippen molar-refractivity contribution in [3.05, 3.63) is 69.8 Å². The van der Waals surface area contributed by atoms with E-state index in [-0.39, 0.29) is 11.3 Å². The highest BCUT2D eigenvalue weighted by atomic mass is 35.5.